The summed E-state index contributed by atoms with van der Waals surface area (Å²) in [4.78, 5) is 11.9. The highest BCUT2D eigenvalue weighted by atomic mass is 35.5. The van der Waals surface area contributed by atoms with Gasteiger partial charge in [0, 0.05) is 17.7 Å². The molecule has 0 fully saturated rings. The number of anilines is 1. The summed E-state index contributed by atoms with van der Waals surface area (Å²) in [5.74, 6) is 1.10. The maximum Gasteiger partial charge on any atom is 0.339 e. The van der Waals surface area contributed by atoms with Crippen LogP contribution in [0.5, 0.6) is 11.5 Å². The normalized spacial score (nSPS) is 16.6. The van der Waals surface area contributed by atoms with Crippen LogP contribution < -0.4 is 20.1 Å². The zero-order chi connectivity index (χ0) is 21.9. The van der Waals surface area contributed by atoms with Crippen LogP contribution in [0.15, 0.2) is 36.4 Å². The Kier molecular flexibility index (Phi) is 6.73. The van der Waals surface area contributed by atoms with E-state index in [4.69, 9.17) is 38.0 Å². The Bertz CT molecular complexity index is 964. The number of carbonyl (C=O) groups is 1. The van der Waals surface area contributed by atoms with E-state index in [0.717, 1.165) is 23.5 Å². The van der Waals surface area contributed by atoms with Crippen LogP contribution in [0, 0.1) is 0 Å². The molecule has 160 valence electrons. The van der Waals surface area contributed by atoms with E-state index in [2.05, 4.69) is 10.6 Å². The van der Waals surface area contributed by atoms with E-state index in [0.29, 0.717) is 21.4 Å². The lowest BCUT2D eigenvalue weighted by Gasteiger charge is -2.38. The average Bonchev–Trinajstić information content (AvgIpc) is 2.67. The Morgan fingerprint density at radius 3 is 2.73 bits per heavy atom. The van der Waals surface area contributed by atoms with Crippen LogP contribution in [0.25, 0.3) is 0 Å². The highest BCUT2D eigenvalue weighted by Gasteiger charge is 2.34. The van der Waals surface area contributed by atoms with Gasteiger partial charge in [0.25, 0.3) is 0 Å². The summed E-state index contributed by atoms with van der Waals surface area (Å²) in [6.07, 6.45) is 0.720. The van der Waals surface area contributed by atoms with Crippen molar-refractivity contribution >= 4 is 40.6 Å². The van der Waals surface area contributed by atoms with E-state index >= 15 is 0 Å². The maximum atomic E-state index is 11.9. The van der Waals surface area contributed by atoms with E-state index in [1.807, 2.05) is 32.0 Å². The summed E-state index contributed by atoms with van der Waals surface area (Å²) < 4.78 is 16.5. The second kappa shape index (κ2) is 9.10. The Hall–Kier alpha value is -2.51. The number of hydrogen-bond acceptors (Lipinski definition) is 5. The maximum absolute atomic E-state index is 11.9. The average molecular weight is 449 g/mol. The van der Waals surface area contributed by atoms with E-state index in [-0.39, 0.29) is 18.2 Å². The van der Waals surface area contributed by atoms with Gasteiger partial charge in [-0.05, 0) is 69.4 Å². The predicted molar refractivity (Wildman–Crippen MR) is 122 cm³/mol. The van der Waals surface area contributed by atoms with Crippen LogP contribution in [-0.2, 0) is 4.74 Å². The standard InChI is InChI=1S/C22H25ClN2O4S/c1-5-28-20(26)15-8-6-13(10-17(15)23)24-21(30)25-18-12-22(2,3)29-19-9-7-14(27-4)11-16(18)19/h6-11,18H,5,12H2,1-4H3,(H2,24,25,30)/t18-/m1/s1. The molecule has 2 aromatic carbocycles. The molecule has 0 amide bonds. The number of halogens is 1. The Balaban J connectivity index is 1.75. The van der Waals surface area contributed by atoms with Crippen LogP contribution in [-0.4, -0.2) is 30.4 Å². The molecule has 0 spiro atoms. The van der Waals surface area contributed by atoms with E-state index in [1.54, 1.807) is 32.2 Å². The summed E-state index contributed by atoms with van der Waals surface area (Å²) in [5, 5.41) is 7.22. The fraction of sp³-hybridized carbons (Fsp3) is 0.364. The predicted octanol–water partition coefficient (Wildman–Crippen LogP) is 5.11. The van der Waals surface area contributed by atoms with Crippen molar-refractivity contribution in [3.8, 4) is 11.5 Å². The van der Waals surface area contributed by atoms with Crippen molar-refractivity contribution in [2.75, 3.05) is 19.0 Å². The van der Waals surface area contributed by atoms with Crippen molar-refractivity contribution < 1.29 is 19.0 Å². The fourth-order valence-electron chi connectivity index (χ4n) is 3.38. The third-order valence-electron chi connectivity index (χ3n) is 4.70. The second-order valence-electron chi connectivity index (χ2n) is 7.54. The van der Waals surface area contributed by atoms with Crippen molar-refractivity contribution in [2.24, 2.45) is 0 Å². The smallest absolute Gasteiger partial charge is 0.339 e. The molecule has 0 bridgehead atoms. The minimum atomic E-state index is -0.454. The number of hydrogen-bond donors (Lipinski definition) is 2. The molecule has 0 aliphatic carbocycles. The summed E-state index contributed by atoms with van der Waals surface area (Å²) >= 11 is 11.8. The number of methoxy groups -OCH3 is 1. The van der Waals surface area contributed by atoms with Crippen LogP contribution in [0.3, 0.4) is 0 Å². The van der Waals surface area contributed by atoms with Gasteiger partial charge in [0.15, 0.2) is 5.11 Å². The molecule has 0 unspecified atom stereocenters. The van der Waals surface area contributed by atoms with Gasteiger partial charge in [-0.1, -0.05) is 11.6 Å². The molecule has 6 nitrogen and oxygen atoms in total. The van der Waals surface area contributed by atoms with Crippen molar-refractivity contribution in [1.29, 1.82) is 0 Å². The molecular weight excluding hydrogens is 424 g/mol. The largest absolute Gasteiger partial charge is 0.497 e. The molecule has 1 atom stereocenters. The van der Waals surface area contributed by atoms with Crippen molar-refractivity contribution in [2.45, 2.75) is 38.8 Å². The van der Waals surface area contributed by atoms with E-state index < -0.39 is 5.97 Å². The lowest BCUT2D eigenvalue weighted by molar-refractivity contribution is 0.0526. The van der Waals surface area contributed by atoms with Gasteiger partial charge in [0.2, 0.25) is 0 Å². The number of ether oxygens (including phenoxy) is 3. The molecular formula is C22H25ClN2O4S. The van der Waals surface area contributed by atoms with Crippen molar-refractivity contribution in [3.05, 3.63) is 52.5 Å². The van der Waals surface area contributed by atoms with Crippen molar-refractivity contribution in [3.63, 3.8) is 0 Å². The molecule has 30 heavy (non-hydrogen) atoms. The molecule has 0 saturated carbocycles. The number of fused-ring (bicyclic) bond motifs is 1. The third kappa shape index (κ3) is 5.15. The zero-order valence-corrected chi connectivity index (χ0v) is 18.9. The Morgan fingerprint density at radius 1 is 1.30 bits per heavy atom. The summed E-state index contributed by atoms with van der Waals surface area (Å²) in [6.45, 7) is 6.12. The molecule has 2 aromatic rings. The molecule has 3 rings (SSSR count). The molecule has 0 aromatic heterocycles. The van der Waals surface area contributed by atoms with Crippen LogP contribution in [0.2, 0.25) is 5.02 Å². The first-order valence-electron chi connectivity index (χ1n) is 9.63. The first kappa shape index (κ1) is 22.2. The molecule has 0 radical (unpaired) electrons. The van der Waals surface area contributed by atoms with Crippen LogP contribution in [0.4, 0.5) is 5.69 Å². The number of rotatable bonds is 5. The number of carbonyl (C=O) groups excluding carboxylic acids is 1. The summed E-state index contributed by atoms with van der Waals surface area (Å²) in [6, 6.07) is 10.7. The lowest BCUT2D eigenvalue weighted by Crippen LogP contribution is -2.42. The van der Waals surface area contributed by atoms with Gasteiger partial charge in [-0.15, -0.1) is 0 Å². The number of esters is 1. The lowest BCUT2D eigenvalue weighted by atomic mass is 9.89. The molecule has 8 heteroatoms. The highest BCUT2D eigenvalue weighted by Crippen LogP contribution is 2.41. The molecule has 0 saturated heterocycles. The van der Waals surface area contributed by atoms with Gasteiger partial charge < -0.3 is 24.8 Å². The van der Waals surface area contributed by atoms with Crippen LogP contribution >= 0.6 is 23.8 Å². The zero-order valence-electron chi connectivity index (χ0n) is 17.4. The summed E-state index contributed by atoms with van der Waals surface area (Å²) in [5.41, 5.74) is 1.62. The highest BCUT2D eigenvalue weighted by molar-refractivity contribution is 7.80. The van der Waals surface area contributed by atoms with Gasteiger partial charge >= 0.3 is 5.97 Å². The van der Waals surface area contributed by atoms with Gasteiger partial charge in [0.05, 0.1) is 30.3 Å². The number of nitrogens with one attached hydrogen (secondary N) is 2. The Morgan fingerprint density at radius 2 is 2.07 bits per heavy atom. The number of thiocarbonyl (C=S) groups is 1. The Labute approximate surface area is 186 Å². The summed E-state index contributed by atoms with van der Waals surface area (Å²) in [7, 11) is 1.63. The number of benzene rings is 2. The quantitative estimate of drug-likeness (QED) is 0.486. The topological polar surface area (TPSA) is 68.8 Å². The molecule has 1 heterocycles. The monoisotopic (exact) mass is 448 g/mol. The first-order valence-corrected chi connectivity index (χ1v) is 10.4. The molecule has 1 aliphatic rings. The van der Waals surface area contributed by atoms with E-state index in [9.17, 15) is 4.79 Å². The van der Waals surface area contributed by atoms with Gasteiger partial charge in [-0.2, -0.15) is 0 Å². The first-order chi connectivity index (χ1) is 14.2. The fourth-order valence-corrected chi connectivity index (χ4v) is 3.90. The van der Waals surface area contributed by atoms with Crippen LogP contribution in [0.1, 0.15) is 49.2 Å². The SMILES string of the molecule is CCOC(=O)c1ccc(NC(=S)N[C@@H]2CC(C)(C)Oc3ccc(OC)cc32)cc1Cl. The minimum absolute atomic E-state index is 0.0619. The van der Waals surface area contributed by atoms with Gasteiger partial charge in [-0.25, -0.2) is 4.79 Å². The van der Waals surface area contributed by atoms with Gasteiger partial charge in [0.1, 0.15) is 17.1 Å². The van der Waals surface area contributed by atoms with Crippen molar-refractivity contribution in [1.82, 2.24) is 5.32 Å². The van der Waals surface area contributed by atoms with Gasteiger partial charge in [-0.3, -0.25) is 0 Å². The molecule has 2 N–H and O–H groups in total. The third-order valence-corrected chi connectivity index (χ3v) is 5.23. The van der Waals surface area contributed by atoms with E-state index in [1.165, 1.54) is 0 Å². The minimum Gasteiger partial charge on any atom is -0.497 e. The molecule has 1 aliphatic heterocycles. The second-order valence-corrected chi connectivity index (χ2v) is 8.35.